The molecule has 25 heavy (non-hydrogen) atoms. The second kappa shape index (κ2) is 8.65. The van der Waals surface area contributed by atoms with Crippen molar-refractivity contribution in [3.8, 4) is 0 Å². The molecule has 3 amide bonds. The monoisotopic (exact) mass is 345 g/mol. The van der Waals surface area contributed by atoms with Gasteiger partial charge in [0.1, 0.15) is 6.04 Å². The maximum absolute atomic E-state index is 12.6. The van der Waals surface area contributed by atoms with Crippen molar-refractivity contribution >= 4 is 17.7 Å². The van der Waals surface area contributed by atoms with E-state index in [1.54, 1.807) is 36.1 Å². The summed E-state index contributed by atoms with van der Waals surface area (Å²) in [5.41, 5.74) is 0.533. The third-order valence-electron chi connectivity index (χ3n) is 4.49. The average molecular weight is 345 g/mol. The smallest absolute Gasteiger partial charge is 0.251 e. The fourth-order valence-electron chi connectivity index (χ4n) is 3.13. The molecule has 0 spiro atoms. The van der Waals surface area contributed by atoms with Crippen molar-refractivity contribution in [3.63, 3.8) is 0 Å². The van der Waals surface area contributed by atoms with Crippen molar-refractivity contribution < 1.29 is 14.4 Å². The van der Waals surface area contributed by atoms with Gasteiger partial charge in [0.2, 0.25) is 11.8 Å². The number of hydrogen-bond donors (Lipinski definition) is 2. The standard InChI is InChI=1S/C19H27N3O3/c1-13(2)20-19(25)17(15-9-11-22(12-10-15)14(3)23)21-18(24)16-7-5-4-6-8-16/h4-8,13,15,17H,9-12H2,1-3H3,(H,20,25)(H,21,24)/t17-/m1/s1. The van der Waals surface area contributed by atoms with Gasteiger partial charge in [0.25, 0.3) is 5.91 Å². The minimum Gasteiger partial charge on any atom is -0.352 e. The molecule has 0 saturated carbocycles. The predicted molar refractivity (Wildman–Crippen MR) is 96.0 cm³/mol. The van der Waals surface area contributed by atoms with Crippen molar-refractivity contribution in [1.29, 1.82) is 0 Å². The summed E-state index contributed by atoms with van der Waals surface area (Å²) in [6, 6.07) is 8.30. The minimum absolute atomic E-state index is 0.000867. The zero-order valence-electron chi connectivity index (χ0n) is 15.1. The van der Waals surface area contributed by atoms with Crippen LogP contribution >= 0.6 is 0 Å². The fraction of sp³-hybridized carbons (Fsp3) is 0.526. The summed E-state index contributed by atoms with van der Waals surface area (Å²) < 4.78 is 0. The van der Waals surface area contributed by atoms with Crippen LogP contribution in [0.2, 0.25) is 0 Å². The number of nitrogens with one attached hydrogen (secondary N) is 2. The molecule has 0 aliphatic carbocycles. The first-order valence-corrected chi connectivity index (χ1v) is 8.80. The summed E-state index contributed by atoms with van der Waals surface area (Å²) in [7, 11) is 0. The van der Waals surface area contributed by atoms with Crippen molar-refractivity contribution in [2.45, 2.75) is 45.7 Å². The van der Waals surface area contributed by atoms with Crippen LogP contribution in [-0.4, -0.2) is 47.8 Å². The van der Waals surface area contributed by atoms with Crippen LogP contribution in [0.1, 0.15) is 44.0 Å². The summed E-state index contributed by atoms with van der Waals surface area (Å²) in [5.74, 6) is -0.351. The van der Waals surface area contributed by atoms with E-state index in [0.717, 1.165) is 0 Å². The fourth-order valence-corrected chi connectivity index (χ4v) is 3.13. The highest BCUT2D eigenvalue weighted by molar-refractivity contribution is 5.97. The number of carbonyl (C=O) groups is 3. The Morgan fingerprint density at radius 3 is 2.16 bits per heavy atom. The highest BCUT2D eigenvalue weighted by Gasteiger charge is 2.33. The van der Waals surface area contributed by atoms with E-state index in [2.05, 4.69) is 10.6 Å². The topological polar surface area (TPSA) is 78.5 Å². The van der Waals surface area contributed by atoms with E-state index < -0.39 is 6.04 Å². The first kappa shape index (κ1) is 19.0. The number of hydrogen-bond acceptors (Lipinski definition) is 3. The van der Waals surface area contributed by atoms with Crippen LogP contribution in [0.5, 0.6) is 0 Å². The molecule has 0 bridgehead atoms. The van der Waals surface area contributed by atoms with Crippen molar-refractivity contribution in [2.75, 3.05) is 13.1 Å². The second-order valence-corrected chi connectivity index (χ2v) is 6.82. The summed E-state index contributed by atoms with van der Waals surface area (Å²) in [6.07, 6.45) is 1.40. The largest absolute Gasteiger partial charge is 0.352 e. The van der Waals surface area contributed by atoms with Gasteiger partial charge in [-0.15, -0.1) is 0 Å². The van der Waals surface area contributed by atoms with Crippen LogP contribution in [0.15, 0.2) is 30.3 Å². The number of likely N-dealkylation sites (tertiary alicyclic amines) is 1. The highest BCUT2D eigenvalue weighted by atomic mass is 16.2. The van der Waals surface area contributed by atoms with E-state index in [1.807, 2.05) is 19.9 Å². The van der Waals surface area contributed by atoms with E-state index >= 15 is 0 Å². The Morgan fingerprint density at radius 2 is 1.64 bits per heavy atom. The van der Waals surface area contributed by atoms with E-state index in [9.17, 15) is 14.4 Å². The van der Waals surface area contributed by atoms with E-state index in [4.69, 9.17) is 0 Å². The van der Waals surface area contributed by atoms with Crippen molar-refractivity contribution in [3.05, 3.63) is 35.9 Å². The highest BCUT2D eigenvalue weighted by Crippen LogP contribution is 2.21. The number of rotatable bonds is 5. The lowest BCUT2D eigenvalue weighted by molar-refractivity contribution is -0.130. The zero-order valence-corrected chi connectivity index (χ0v) is 15.1. The third-order valence-corrected chi connectivity index (χ3v) is 4.49. The number of amides is 3. The maximum atomic E-state index is 12.6. The van der Waals surface area contributed by atoms with Crippen LogP contribution < -0.4 is 10.6 Å². The van der Waals surface area contributed by atoms with Gasteiger partial charge in [0.05, 0.1) is 0 Å². The second-order valence-electron chi connectivity index (χ2n) is 6.82. The zero-order chi connectivity index (χ0) is 18.4. The van der Waals surface area contributed by atoms with Gasteiger partial charge in [0, 0.05) is 31.6 Å². The Hall–Kier alpha value is -2.37. The Labute approximate surface area is 149 Å². The number of piperidine rings is 1. The quantitative estimate of drug-likeness (QED) is 0.850. The van der Waals surface area contributed by atoms with Crippen LogP contribution in [0.4, 0.5) is 0 Å². The Balaban J connectivity index is 2.09. The Kier molecular flexibility index (Phi) is 6.56. The molecule has 6 nitrogen and oxygen atoms in total. The summed E-state index contributed by atoms with van der Waals surface area (Å²) >= 11 is 0. The van der Waals surface area contributed by atoms with Crippen molar-refractivity contribution in [2.24, 2.45) is 5.92 Å². The van der Waals surface area contributed by atoms with Gasteiger partial charge >= 0.3 is 0 Å². The van der Waals surface area contributed by atoms with Crippen LogP contribution in [0.3, 0.4) is 0 Å². The molecule has 1 saturated heterocycles. The molecule has 1 atom stereocenters. The molecular formula is C19H27N3O3. The van der Waals surface area contributed by atoms with E-state index in [-0.39, 0.29) is 29.7 Å². The first-order valence-electron chi connectivity index (χ1n) is 8.80. The lowest BCUT2D eigenvalue weighted by atomic mass is 9.88. The average Bonchev–Trinajstić information content (AvgIpc) is 2.59. The van der Waals surface area contributed by atoms with Crippen LogP contribution in [0.25, 0.3) is 0 Å². The molecule has 1 aliphatic rings. The number of benzene rings is 1. The van der Waals surface area contributed by atoms with Gasteiger partial charge in [0.15, 0.2) is 0 Å². The molecular weight excluding hydrogens is 318 g/mol. The summed E-state index contributed by atoms with van der Waals surface area (Å²) in [4.78, 5) is 38.4. The van der Waals surface area contributed by atoms with Crippen LogP contribution in [-0.2, 0) is 9.59 Å². The summed E-state index contributed by atoms with van der Waals surface area (Å²) in [5, 5.41) is 5.79. The molecule has 1 heterocycles. The Morgan fingerprint density at radius 1 is 1.04 bits per heavy atom. The van der Waals surface area contributed by atoms with Gasteiger partial charge in [-0.05, 0) is 44.7 Å². The predicted octanol–water partition coefficient (Wildman–Crippen LogP) is 1.57. The molecule has 0 unspecified atom stereocenters. The third kappa shape index (κ3) is 5.31. The normalized spacial score (nSPS) is 16.4. The lowest BCUT2D eigenvalue weighted by Crippen LogP contribution is -2.54. The molecule has 2 N–H and O–H groups in total. The minimum atomic E-state index is -0.593. The molecule has 1 aromatic carbocycles. The lowest BCUT2D eigenvalue weighted by Gasteiger charge is -2.35. The van der Waals surface area contributed by atoms with E-state index in [1.165, 1.54) is 0 Å². The summed E-state index contributed by atoms with van der Waals surface area (Å²) in [6.45, 7) is 6.58. The molecule has 1 aliphatic heterocycles. The molecule has 1 fully saturated rings. The van der Waals surface area contributed by atoms with Gasteiger partial charge in [-0.2, -0.15) is 0 Å². The maximum Gasteiger partial charge on any atom is 0.251 e. The Bertz CT molecular complexity index is 608. The number of nitrogens with zero attached hydrogens (tertiary/aromatic N) is 1. The number of carbonyl (C=O) groups excluding carboxylic acids is 3. The van der Waals surface area contributed by atoms with Gasteiger partial charge in [-0.25, -0.2) is 0 Å². The molecule has 136 valence electrons. The van der Waals surface area contributed by atoms with Gasteiger partial charge < -0.3 is 15.5 Å². The van der Waals surface area contributed by atoms with Gasteiger partial charge in [-0.3, -0.25) is 14.4 Å². The molecule has 1 aromatic rings. The molecule has 2 rings (SSSR count). The first-order chi connectivity index (χ1) is 11.9. The van der Waals surface area contributed by atoms with Gasteiger partial charge in [-0.1, -0.05) is 18.2 Å². The van der Waals surface area contributed by atoms with Crippen LogP contribution in [0, 0.1) is 5.92 Å². The SMILES string of the molecule is CC(=O)N1CCC([C@@H](NC(=O)c2ccccc2)C(=O)NC(C)C)CC1. The van der Waals surface area contributed by atoms with E-state index in [0.29, 0.717) is 31.5 Å². The molecule has 6 heteroatoms. The molecule has 0 radical (unpaired) electrons. The van der Waals surface area contributed by atoms with Crippen molar-refractivity contribution in [1.82, 2.24) is 15.5 Å². The molecule has 0 aromatic heterocycles.